The number of nitrogens with zero attached hydrogens (tertiary/aromatic N) is 1. The summed E-state index contributed by atoms with van der Waals surface area (Å²) in [5.41, 5.74) is 17.8. The molecule has 0 radical (unpaired) electrons. The molecule has 11 aromatic carbocycles. The molecule has 11 aromatic rings. The standard InChI is InChI=1S/C63H43N/c1-2-19-52(20-3-1)63(61-26-10-8-23-59(61)60-24-9-11-27-62(60)63)53-21-12-18-50(43-53)45-30-36-54(37-31-45)64(55-38-32-46(33-39-55)51-29-28-44-14-4-5-16-49(44)42-51)56-40-34-48(35-41-56)58-25-13-17-47-15-6-7-22-57(47)58/h1-43H. The van der Waals surface area contributed by atoms with Crippen LogP contribution in [0.3, 0.4) is 0 Å². The molecule has 1 aliphatic carbocycles. The van der Waals surface area contributed by atoms with Gasteiger partial charge in [0.15, 0.2) is 0 Å². The molecule has 0 saturated heterocycles. The molecule has 0 atom stereocenters. The number of fused-ring (bicyclic) bond motifs is 5. The molecule has 12 rings (SSSR count). The highest BCUT2D eigenvalue weighted by molar-refractivity contribution is 5.97. The molecular weight excluding hydrogens is 771 g/mol. The van der Waals surface area contributed by atoms with Gasteiger partial charge in [-0.2, -0.15) is 0 Å². The Bertz CT molecular complexity index is 3420. The molecule has 0 unspecified atom stereocenters. The fourth-order valence-corrected chi connectivity index (χ4v) is 10.3. The Morgan fingerprint density at radius 3 is 1.36 bits per heavy atom. The fourth-order valence-electron chi connectivity index (χ4n) is 10.3. The van der Waals surface area contributed by atoms with Gasteiger partial charge in [0, 0.05) is 17.1 Å². The van der Waals surface area contributed by atoms with Gasteiger partial charge in [-0.3, -0.25) is 0 Å². The summed E-state index contributed by atoms with van der Waals surface area (Å²) in [6, 6.07) is 95.7. The normalized spacial score (nSPS) is 12.5. The van der Waals surface area contributed by atoms with Crippen LogP contribution >= 0.6 is 0 Å². The molecule has 300 valence electrons. The van der Waals surface area contributed by atoms with E-state index in [2.05, 4.69) is 266 Å². The summed E-state index contributed by atoms with van der Waals surface area (Å²) in [5.74, 6) is 0. The van der Waals surface area contributed by atoms with E-state index >= 15 is 0 Å². The van der Waals surface area contributed by atoms with Gasteiger partial charge in [-0.25, -0.2) is 0 Å². The first-order chi connectivity index (χ1) is 31.7. The molecule has 64 heavy (non-hydrogen) atoms. The maximum absolute atomic E-state index is 2.41. The molecule has 1 heteroatoms. The van der Waals surface area contributed by atoms with Crippen LogP contribution in [0.2, 0.25) is 0 Å². The van der Waals surface area contributed by atoms with E-state index in [-0.39, 0.29) is 0 Å². The molecule has 0 fully saturated rings. The maximum atomic E-state index is 2.41. The van der Waals surface area contributed by atoms with Crippen molar-refractivity contribution in [1.82, 2.24) is 0 Å². The Balaban J connectivity index is 0.942. The van der Waals surface area contributed by atoms with Gasteiger partial charge in [-0.1, -0.05) is 212 Å². The molecule has 1 aliphatic rings. The van der Waals surface area contributed by atoms with Crippen LogP contribution in [0.4, 0.5) is 17.1 Å². The van der Waals surface area contributed by atoms with Crippen molar-refractivity contribution in [1.29, 1.82) is 0 Å². The smallest absolute Gasteiger partial charge is 0.0713 e. The van der Waals surface area contributed by atoms with Crippen LogP contribution in [0.15, 0.2) is 261 Å². The van der Waals surface area contributed by atoms with E-state index in [9.17, 15) is 0 Å². The lowest BCUT2D eigenvalue weighted by Gasteiger charge is -2.34. The van der Waals surface area contributed by atoms with Crippen molar-refractivity contribution < 1.29 is 0 Å². The van der Waals surface area contributed by atoms with E-state index in [1.165, 1.54) is 88.3 Å². The van der Waals surface area contributed by atoms with Crippen LogP contribution < -0.4 is 4.90 Å². The number of rotatable bonds is 8. The van der Waals surface area contributed by atoms with Gasteiger partial charge in [0.05, 0.1) is 5.41 Å². The van der Waals surface area contributed by atoms with Crippen molar-refractivity contribution in [3.8, 4) is 44.5 Å². The molecule has 0 N–H and O–H groups in total. The van der Waals surface area contributed by atoms with Gasteiger partial charge in [-0.05, 0) is 137 Å². The zero-order chi connectivity index (χ0) is 42.5. The summed E-state index contributed by atoms with van der Waals surface area (Å²) in [6.45, 7) is 0. The third-order valence-corrected chi connectivity index (χ3v) is 13.3. The van der Waals surface area contributed by atoms with E-state index < -0.39 is 5.41 Å². The zero-order valence-electron chi connectivity index (χ0n) is 35.3. The van der Waals surface area contributed by atoms with Gasteiger partial charge < -0.3 is 4.90 Å². The Labute approximate surface area is 374 Å². The van der Waals surface area contributed by atoms with E-state index in [1.807, 2.05) is 0 Å². The van der Waals surface area contributed by atoms with E-state index in [1.54, 1.807) is 0 Å². The molecule has 1 nitrogen and oxygen atoms in total. The second kappa shape index (κ2) is 15.6. The van der Waals surface area contributed by atoms with Crippen molar-refractivity contribution in [3.05, 3.63) is 283 Å². The molecule has 0 spiro atoms. The predicted molar refractivity (Wildman–Crippen MR) is 270 cm³/mol. The number of hydrogen-bond donors (Lipinski definition) is 0. The monoisotopic (exact) mass is 813 g/mol. The Kier molecular flexibility index (Phi) is 9.13. The first-order valence-electron chi connectivity index (χ1n) is 22.2. The lowest BCUT2D eigenvalue weighted by molar-refractivity contribution is 0.769. The third kappa shape index (κ3) is 6.24. The minimum Gasteiger partial charge on any atom is -0.311 e. The van der Waals surface area contributed by atoms with Crippen molar-refractivity contribution in [2.75, 3.05) is 4.90 Å². The second-order valence-corrected chi connectivity index (χ2v) is 16.9. The molecule has 0 heterocycles. The lowest BCUT2D eigenvalue weighted by Crippen LogP contribution is -2.28. The van der Waals surface area contributed by atoms with E-state index in [4.69, 9.17) is 0 Å². The van der Waals surface area contributed by atoms with Gasteiger partial charge in [0.25, 0.3) is 0 Å². The van der Waals surface area contributed by atoms with E-state index in [0.717, 1.165) is 17.1 Å². The predicted octanol–water partition coefficient (Wildman–Crippen LogP) is 16.8. The molecular formula is C63H43N. The summed E-state index contributed by atoms with van der Waals surface area (Å²) in [6.07, 6.45) is 0. The molecule has 0 saturated carbocycles. The highest BCUT2D eigenvalue weighted by Gasteiger charge is 2.45. The van der Waals surface area contributed by atoms with Crippen molar-refractivity contribution in [2.24, 2.45) is 0 Å². The summed E-state index contributed by atoms with van der Waals surface area (Å²) in [4.78, 5) is 2.37. The van der Waals surface area contributed by atoms with Gasteiger partial charge in [0.2, 0.25) is 0 Å². The first-order valence-corrected chi connectivity index (χ1v) is 22.2. The van der Waals surface area contributed by atoms with Crippen LogP contribution in [-0.2, 0) is 5.41 Å². The van der Waals surface area contributed by atoms with Crippen LogP contribution in [0, 0.1) is 0 Å². The maximum Gasteiger partial charge on any atom is 0.0713 e. The van der Waals surface area contributed by atoms with Crippen LogP contribution in [0.25, 0.3) is 66.1 Å². The highest BCUT2D eigenvalue weighted by Crippen LogP contribution is 2.56. The third-order valence-electron chi connectivity index (χ3n) is 13.3. The molecule has 0 aliphatic heterocycles. The summed E-state index contributed by atoms with van der Waals surface area (Å²) in [5, 5.41) is 5.00. The number of hydrogen-bond acceptors (Lipinski definition) is 1. The van der Waals surface area contributed by atoms with Crippen LogP contribution in [0.5, 0.6) is 0 Å². The largest absolute Gasteiger partial charge is 0.311 e. The topological polar surface area (TPSA) is 3.24 Å². The fraction of sp³-hybridized carbons (Fsp3) is 0.0159. The Hall–Kier alpha value is -8.26. The van der Waals surface area contributed by atoms with Crippen LogP contribution in [-0.4, -0.2) is 0 Å². The summed E-state index contributed by atoms with van der Waals surface area (Å²) >= 11 is 0. The van der Waals surface area contributed by atoms with Gasteiger partial charge in [-0.15, -0.1) is 0 Å². The van der Waals surface area contributed by atoms with Crippen molar-refractivity contribution in [2.45, 2.75) is 5.41 Å². The van der Waals surface area contributed by atoms with Crippen molar-refractivity contribution >= 4 is 38.6 Å². The zero-order valence-corrected chi connectivity index (χ0v) is 35.3. The average molecular weight is 814 g/mol. The second-order valence-electron chi connectivity index (χ2n) is 16.9. The quantitative estimate of drug-likeness (QED) is 0.148. The average Bonchev–Trinajstić information content (AvgIpc) is 3.68. The highest BCUT2D eigenvalue weighted by atomic mass is 15.1. The van der Waals surface area contributed by atoms with Gasteiger partial charge >= 0.3 is 0 Å². The minimum atomic E-state index is -0.446. The number of benzene rings is 11. The Morgan fingerprint density at radius 1 is 0.250 bits per heavy atom. The number of anilines is 3. The first kappa shape index (κ1) is 37.5. The SMILES string of the molecule is c1ccc(C2(c3cccc(-c4ccc(N(c5ccc(-c6ccc7ccccc7c6)cc5)c5ccc(-c6cccc7ccccc67)cc5)cc4)c3)c3ccccc3-c3ccccc32)cc1. The molecule has 0 aromatic heterocycles. The molecule has 0 amide bonds. The summed E-state index contributed by atoms with van der Waals surface area (Å²) < 4.78 is 0. The van der Waals surface area contributed by atoms with E-state index in [0.29, 0.717) is 0 Å². The van der Waals surface area contributed by atoms with Crippen LogP contribution in [0.1, 0.15) is 22.3 Å². The lowest BCUT2D eigenvalue weighted by atomic mass is 9.67. The van der Waals surface area contributed by atoms with Gasteiger partial charge in [0.1, 0.15) is 0 Å². The Morgan fingerprint density at radius 2 is 0.703 bits per heavy atom. The minimum absolute atomic E-state index is 0.446. The molecule has 0 bridgehead atoms. The van der Waals surface area contributed by atoms with Crippen molar-refractivity contribution in [3.63, 3.8) is 0 Å². The summed E-state index contributed by atoms with van der Waals surface area (Å²) in [7, 11) is 0.